The Balaban J connectivity index is 0.960. The molecule has 0 saturated carbocycles. The molecule has 3 atom stereocenters. The van der Waals surface area contributed by atoms with Gasteiger partial charge in [-0.25, -0.2) is 9.18 Å². The van der Waals surface area contributed by atoms with Gasteiger partial charge in [0.05, 0.1) is 21.8 Å². The summed E-state index contributed by atoms with van der Waals surface area (Å²) < 4.78 is 39.7. The number of carbonyl (C=O) groups excluding carboxylic acids is 1. The van der Waals surface area contributed by atoms with Crippen LogP contribution in [-0.4, -0.2) is 50.5 Å². The van der Waals surface area contributed by atoms with Crippen molar-refractivity contribution < 1.29 is 38.0 Å². The van der Waals surface area contributed by atoms with Crippen molar-refractivity contribution >= 4 is 35.1 Å². The van der Waals surface area contributed by atoms with Crippen molar-refractivity contribution in [1.82, 2.24) is 20.2 Å². The first-order chi connectivity index (χ1) is 29.5. The van der Waals surface area contributed by atoms with Gasteiger partial charge in [0, 0.05) is 43.2 Å². The fourth-order valence-corrected chi connectivity index (χ4v) is 7.67. The molecule has 2 aromatic heterocycles. The van der Waals surface area contributed by atoms with Crippen molar-refractivity contribution in [3.63, 3.8) is 0 Å². The number of ether oxygens (including phenoxy) is 4. The Bertz CT molecular complexity index is 2580. The number of nitrogens with zero attached hydrogens (tertiary/aromatic N) is 3. The van der Waals surface area contributed by atoms with Gasteiger partial charge < -0.3 is 29.4 Å². The number of aliphatic carboxylic acids is 1. The van der Waals surface area contributed by atoms with Crippen molar-refractivity contribution in [2.24, 2.45) is 0 Å². The normalized spacial score (nSPS) is 16.3. The van der Waals surface area contributed by atoms with Gasteiger partial charge >= 0.3 is 5.97 Å². The summed E-state index contributed by atoms with van der Waals surface area (Å²) in [6, 6.07) is 26.3. The fraction of sp³-hybridized carbons (Fsp3) is 0.234. The number of aryl methyl sites for hydroxylation is 1. The number of halogens is 3. The van der Waals surface area contributed by atoms with Crippen molar-refractivity contribution in [1.29, 1.82) is 0 Å². The van der Waals surface area contributed by atoms with Gasteiger partial charge in [0.2, 0.25) is 5.91 Å². The summed E-state index contributed by atoms with van der Waals surface area (Å²) in [6.45, 7) is 4.66. The maximum absolute atomic E-state index is 15.0. The topological polar surface area (TPSA) is 132 Å². The van der Waals surface area contributed by atoms with Gasteiger partial charge in [-0.15, -0.1) is 0 Å². The van der Waals surface area contributed by atoms with Crippen LogP contribution in [0.25, 0.3) is 0 Å². The van der Waals surface area contributed by atoms with Gasteiger partial charge in [-0.3, -0.25) is 19.7 Å². The summed E-state index contributed by atoms with van der Waals surface area (Å²) in [7, 11) is 0. The first-order valence-corrected chi connectivity index (χ1v) is 20.4. The number of benzene rings is 4. The van der Waals surface area contributed by atoms with E-state index in [0.29, 0.717) is 51.0 Å². The summed E-state index contributed by atoms with van der Waals surface area (Å²) in [6.07, 6.45) is 3.02. The first kappa shape index (κ1) is 41.5. The highest BCUT2D eigenvalue weighted by Crippen LogP contribution is 2.41. The highest BCUT2D eigenvalue weighted by molar-refractivity contribution is 6.42. The Labute approximate surface area is 362 Å². The van der Waals surface area contributed by atoms with Crippen LogP contribution in [-0.2, 0) is 42.1 Å². The van der Waals surface area contributed by atoms with Gasteiger partial charge in [0.15, 0.2) is 17.6 Å². The van der Waals surface area contributed by atoms with Gasteiger partial charge in [-0.1, -0.05) is 53.5 Å². The minimum absolute atomic E-state index is 0.0103. The number of fused-ring (bicyclic) bond motifs is 2. The monoisotopic (exact) mass is 862 g/mol. The molecular weight excluding hydrogens is 822 g/mol. The third kappa shape index (κ3) is 9.73. The second-order valence-corrected chi connectivity index (χ2v) is 15.8. The van der Waals surface area contributed by atoms with E-state index in [1.165, 1.54) is 18.3 Å². The molecule has 8 rings (SSSR count). The molecule has 2 N–H and O–H groups in total. The molecule has 4 aromatic carbocycles. The number of hydrogen-bond donors (Lipinski definition) is 2. The minimum atomic E-state index is -1.24. The minimum Gasteiger partial charge on any atom is -0.489 e. The first-order valence-electron chi connectivity index (χ1n) is 19.6. The van der Waals surface area contributed by atoms with E-state index in [2.05, 4.69) is 15.3 Å². The molecule has 2 aliphatic heterocycles. The molecule has 312 valence electrons. The predicted octanol–water partition coefficient (Wildman–Crippen LogP) is 9.16. The number of pyridine rings is 2. The lowest BCUT2D eigenvalue weighted by Crippen LogP contribution is -2.54. The predicted molar refractivity (Wildman–Crippen MR) is 227 cm³/mol. The van der Waals surface area contributed by atoms with E-state index in [1.807, 2.05) is 56.3 Å². The van der Waals surface area contributed by atoms with Crippen LogP contribution in [0.3, 0.4) is 0 Å². The molecule has 61 heavy (non-hydrogen) atoms. The van der Waals surface area contributed by atoms with Crippen LogP contribution < -0.4 is 24.3 Å². The van der Waals surface area contributed by atoms with Crippen LogP contribution in [0, 0.1) is 19.7 Å². The maximum Gasteiger partial charge on any atom is 0.326 e. The number of aromatic nitrogens is 2. The fourth-order valence-electron chi connectivity index (χ4n) is 7.35. The van der Waals surface area contributed by atoms with E-state index in [4.69, 9.17) is 42.1 Å². The SMILES string of the molecule is Cc1nccc(Oc2ccc(C[C@H](NC(=O)[C@@H]3Cc4cc5c(cc4CN3Cc3ncccc3F)O[C@@H](c3ccc(OCc4ccc(Cl)c(Cl)c4)cc3)CO5)C(=O)O)cc2)c1C. The molecule has 0 saturated heterocycles. The molecular formula is C47H41Cl2FN4O7. The summed E-state index contributed by atoms with van der Waals surface area (Å²) in [5, 5.41) is 14.0. The number of amides is 1. The van der Waals surface area contributed by atoms with E-state index in [9.17, 15) is 19.1 Å². The highest BCUT2D eigenvalue weighted by atomic mass is 35.5. The Morgan fingerprint density at radius 1 is 0.902 bits per heavy atom. The lowest BCUT2D eigenvalue weighted by molar-refractivity contribution is -0.142. The second-order valence-electron chi connectivity index (χ2n) is 15.0. The smallest absolute Gasteiger partial charge is 0.326 e. The number of carboxylic acids is 1. The van der Waals surface area contributed by atoms with E-state index in [1.54, 1.807) is 53.6 Å². The van der Waals surface area contributed by atoms with Crippen molar-refractivity contribution in [3.8, 4) is 28.7 Å². The third-order valence-electron chi connectivity index (χ3n) is 10.9. The summed E-state index contributed by atoms with van der Waals surface area (Å²) in [5.74, 6) is 0.803. The zero-order valence-electron chi connectivity index (χ0n) is 33.2. The van der Waals surface area contributed by atoms with E-state index in [-0.39, 0.29) is 38.2 Å². The van der Waals surface area contributed by atoms with Crippen molar-refractivity contribution in [3.05, 3.63) is 170 Å². The van der Waals surface area contributed by atoms with Crippen LogP contribution >= 0.6 is 23.2 Å². The zero-order valence-corrected chi connectivity index (χ0v) is 34.8. The Morgan fingerprint density at radius 2 is 1.66 bits per heavy atom. The largest absolute Gasteiger partial charge is 0.489 e. The quantitative estimate of drug-likeness (QED) is 0.116. The molecule has 0 bridgehead atoms. The summed E-state index contributed by atoms with van der Waals surface area (Å²) in [5.41, 5.74) is 6.12. The molecule has 0 fully saturated rings. The van der Waals surface area contributed by atoms with Crippen LogP contribution in [0.4, 0.5) is 4.39 Å². The lowest BCUT2D eigenvalue weighted by Gasteiger charge is -2.37. The van der Waals surface area contributed by atoms with E-state index >= 15 is 0 Å². The Morgan fingerprint density at radius 3 is 2.41 bits per heavy atom. The number of carboxylic acid groups (broad SMARTS) is 1. The van der Waals surface area contributed by atoms with Gasteiger partial charge in [-0.2, -0.15) is 0 Å². The van der Waals surface area contributed by atoms with Crippen LogP contribution in [0.15, 0.2) is 109 Å². The number of nitrogens with one attached hydrogen (secondary N) is 1. The van der Waals surface area contributed by atoms with Crippen molar-refractivity contribution in [2.45, 2.75) is 64.6 Å². The summed E-state index contributed by atoms with van der Waals surface area (Å²) in [4.78, 5) is 37.0. The molecule has 0 radical (unpaired) electrons. The molecule has 0 spiro atoms. The number of rotatable bonds is 13. The molecule has 6 aromatic rings. The zero-order chi connectivity index (χ0) is 42.6. The third-order valence-corrected chi connectivity index (χ3v) is 11.6. The molecule has 11 nitrogen and oxygen atoms in total. The Hall–Kier alpha value is -6.21. The van der Waals surface area contributed by atoms with Gasteiger partial charge in [0.1, 0.15) is 42.3 Å². The van der Waals surface area contributed by atoms with Crippen LogP contribution in [0.2, 0.25) is 10.0 Å². The van der Waals surface area contributed by atoms with Gasteiger partial charge in [-0.05, 0) is 115 Å². The Kier molecular flexibility index (Phi) is 12.4. The highest BCUT2D eigenvalue weighted by Gasteiger charge is 2.36. The van der Waals surface area contributed by atoms with Crippen LogP contribution in [0.1, 0.15) is 50.9 Å². The van der Waals surface area contributed by atoms with E-state index < -0.39 is 35.9 Å². The van der Waals surface area contributed by atoms with Gasteiger partial charge in [0.25, 0.3) is 0 Å². The molecule has 4 heterocycles. The number of hydrogen-bond acceptors (Lipinski definition) is 9. The average molecular weight is 864 g/mol. The molecule has 1 amide bonds. The molecule has 0 unspecified atom stereocenters. The standard InChI is InChI=1S/C47H41Cl2FN4O7/c1-27-28(2)51-17-15-42(27)60-35-10-5-29(6-11-35)19-39(47(56)57)53-46(55)41-20-32-21-43-44(22-33(32)23-54(41)24-40-38(50)4-3-16-52-40)61-45(26-59-43)31-8-12-34(13-9-31)58-25-30-7-14-36(48)37(49)18-30/h3-18,21-22,39,41,45H,19-20,23-26H2,1-2H3,(H,53,55)(H,56,57)/t39-,41-,45+/m0/s1. The molecule has 2 aliphatic rings. The average Bonchev–Trinajstić information content (AvgIpc) is 3.26. The molecule has 14 heteroatoms. The number of carbonyl (C=O) groups is 2. The second kappa shape index (κ2) is 18.2. The van der Waals surface area contributed by atoms with Crippen molar-refractivity contribution in [2.75, 3.05) is 6.61 Å². The van der Waals surface area contributed by atoms with E-state index in [0.717, 1.165) is 33.5 Å². The van der Waals surface area contributed by atoms with Crippen LogP contribution in [0.5, 0.6) is 28.7 Å². The maximum atomic E-state index is 15.0. The molecule has 0 aliphatic carbocycles. The summed E-state index contributed by atoms with van der Waals surface area (Å²) >= 11 is 12.2. The lowest BCUT2D eigenvalue weighted by atomic mass is 9.92.